The number of benzene rings is 3. The van der Waals surface area contributed by atoms with E-state index in [1.54, 1.807) is 27.7 Å². The second kappa shape index (κ2) is 12.6. The molecule has 3 aromatic carbocycles. The summed E-state index contributed by atoms with van der Waals surface area (Å²) in [5, 5.41) is 3.55. The van der Waals surface area contributed by atoms with E-state index >= 15 is 0 Å². The Morgan fingerprint density at radius 2 is 1.60 bits per heavy atom. The van der Waals surface area contributed by atoms with Crippen LogP contribution in [0.5, 0.6) is 0 Å². The van der Waals surface area contributed by atoms with Crippen LogP contribution in [0.15, 0.2) is 71.5 Å². The molecule has 0 radical (unpaired) electrons. The van der Waals surface area contributed by atoms with Crippen LogP contribution in [0.25, 0.3) is 22.0 Å². The van der Waals surface area contributed by atoms with Gasteiger partial charge in [0.2, 0.25) is 0 Å². The Balaban J connectivity index is 1.14. The molecule has 10 heteroatoms. The number of amides is 2. The van der Waals surface area contributed by atoms with E-state index in [1.807, 2.05) is 45.0 Å². The monoisotopic (exact) mass is 628 g/mol. The van der Waals surface area contributed by atoms with E-state index in [4.69, 9.17) is 26.1 Å². The number of hydrogen-bond acceptors (Lipinski definition) is 6. The van der Waals surface area contributed by atoms with E-state index in [0.717, 1.165) is 11.1 Å². The second-order valence-corrected chi connectivity index (χ2v) is 12.9. The number of hydrogen-bond donors (Lipinski definition) is 1. The minimum atomic E-state index is -0.586. The molecule has 2 heterocycles. The Bertz CT molecular complexity index is 1760. The molecule has 0 unspecified atom stereocenters. The predicted octanol–water partition coefficient (Wildman–Crippen LogP) is 6.70. The first-order chi connectivity index (χ1) is 21.6. The number of carbonyl (C=O) groups is 2. The Morgan fingerprint density at radius 3 is 2.24 bits per heavy atom. The van der Waals surface area contributed by atoms with Gasteiger partial charge in [-0.1, -0.05) is 66.2 Å². The molecule has 0 atom stereocenters. The van der Waals surface area contributed by atoms with Gasteiger partial charge in [0.05, 0.1) is 15.9 Å². The third kappa shape index (κ3) is 6.40. The third-order valence-corrected chi connectivity index (χ3v) is 8.71. The van der Waals surface area contributed by atoms with Crippen molar-refractivity contribution in [3.05, 3.63) is 99.1 Å². The minimum Gasteiger partial charge on any atom is -0.449 e. The summed E-state index contributed by atoms with van der Waals surface area (Å²) in [5.74, 6) is 0.510. The van der Waals surface area contributed by atoms with Crippen molar-refractivity contribution in [3.63, 3.8) is 0 Å². The van der Waals surface area contributed by atoms with E-state index in [0.29, 0.717) is 54.1 Å². The summed E-state index contributed by atoms with van der Waals surface area (Å²) in [5.41, 5.74) is 4.32. The van der Waals surface area contributed by atoms with Crippen molar-refractivity contribution in [2.75, 3.05) is 26.2 Å². The summed E-state index contributed by atoms with van der Waals surface area (Å²) >= 11 is 6.45. The Kier molecular flexibility index (Phi) is 8.55. The SMILES string of the molecule is CC(C)(C)OC(=O)N1CCC(n2c(CCNC(=O)OCC3c4ccccc4-c4ccccc43)nc3cccc(Cl)c3c2=O)CC1. The lowest BCUT2D eigenvalue weighted by Crippen LogP contribution is -2.44. The molecule has 2 amide bonds. The highest BCUT2D eigenvalue weighted by molar-refractivity contribution is 6.35. The van der Waals surface area contributed by atoms with Crippen LogP contribution in [-0.4, -0.2) is 58.5 Å². The average Bonchev–Trinajstić information content (AvgIpc) is 3.33. The largest absolute Gasteiger partial charge is 0.449 e. The van der Waals surface area contributed by atoms with E-state index < -0.39 is 11.7 Å². The van der Waals surface area contributed by atoms with Crippen LogP contribution in [-0.2, 0) is 15.9 Å². The van der Waals surface area contributed by atoms with Gasteiger partial charge < -0.3 is 19.7 Å². The first kappa shape index (κ1) is 30.6. The highest BCUT2D eigenvalue weighted by Crippen LogP contribution is 2.44. The normalized spacial score (nSPS) is 15.1. The van der Waals surface area contributed by atoms with Crippen molar-refractivity contribution in [2.45, 2.75) is 57.6 Å². The van der Waals surface area contributed by atoms with Gasteiger partial charge in [0.15, 0.2) is 0 Å². The number of rotatable bonds is 6. The second-order valence-electron chi connectivity index (χ2n) is 12.5. The van der Waals surface area contributed by atoms with Crippen LogP contribution in [0, 0.1) is 0 Å². The van der Waals surface area contributed by atoms with Crippen LogP contribution in [0.4, 0.5) is 9.59 Å². The molecule has 1 aromatic heterocycles. The van der Waals surface area contributed by atoms with Gasteiger partial charge in [-0.3, -0.25) is 9.36 Å². The maximum absolute atomic E-state index is 13.8. The average molecular weight is 629 g/mol. The van der Waals surface area contributed by atoms with Crippen molar-refractivity contribution < 1.29 is 19.1 Å². The summed E-state index contributed by atoms with van der Waals surface area (Å²) < 4.78 is 12.9. The molecular weight excluding hydrogens is 592 g/mol. The van der Waals surface area contributed by atoms with Gasteiger partial charge in [-0.15, -0.1) is 0 Å². The van der Waals surface area contributed by atoms with E-state index in [1.165, 1.54) is 11.1 Å². The van der Waals surface area contributed by atoms with Crippen LogP contribution in [0.2, 0.25) is 5.02 Å². The molecule has 234 valence electrons. The van der Waals surface area contributed by atoms with Gasteiger partial charge in [-0.2, -0.15) is 0 Å². The maximum Gasteiger partial charge on any atom is 0.410 e. The highest BCUT2D eigenvalue weighted by Gasteiger charge is 2.31. The molecule has 1 aliphatic heterocycles. The fraction of sp³-hybridized carbons (Fsp3) is 0.371. The quantitative estimate of drug-likeness (QED) is 0.255. The van der Waals surface area contributed by atoms with Gasteiger partial charge in [-0.05, 0) is 68.0 Å². The van der Waals surface area contributed by atoms with Gasteiger partial charge >= 0.3 is 12.2 Å². The smallest absolute Gasteiger partial charge is 0.410 e. The van der Waals surface area contributed by atoms with Gasteiger partial charge in [0, 0.05) is 38.0 Å². The zero-order chi connectivity index (χ0) is 31.7. The zero-order valence-electron chi connectivity index (χ0n) is 25.7. The van der Waals surface area contributed by atoms with Gasteiger partial charge in [0.1, 0.15) is 18.0 Å². The number of ether oxygens (including phenoxy) is 2. The number of fused-ring (bicyclic) bond motifs is 4. The molecule has 1 N–H and O–H groups in total. The standard InChI is InChI=1S/C35H37ClN4O5/c1-35(2,3)45-34(43)39-19-16-22(17-20-39)40-30(38-29-14-8-13-28(36)31(29)32(40)41)15-18-37-33(42)44-21-27-25-11-6-4-9-23(25)24-10-5-7-12-26(24)27/h4-14,22,27H,15-21H2,1-3H3,(H,37,42). The maximum atomic E-state index is 13.8. The van der Waals surface area contributed by atoms with Crippen molar-refractivity contribution >= 4 is 34.7 Å². The molecule has 0 saturated carbocycles. The van der Waals surface area contributed by atoms with Gasteiger partial charge in [0.25, 0.3) is 5.56 Å². The van der Waals surface area contributed by atoms with E-state index in [2.05, 4.69) is 29.6 Å². The molecule has 0 bridgehead atoms. The summed E-state index contributed by atoms with van der Waals surface area (Å²) in [6.07, 6.45) is 0.544. The first-order valence-corrected chi connectivity index (χ1v) is 15.7. The fourth-order valence-electron chi connectivity index (χ4n) is 6.36. The fourth-order valence-corrected chi connectivity index (χ4v) is 6.61. The lowest BCUT2D eigenvalue weighted by molar-refractivity contribution is 0.0186. The molecule has 4 aromatic rings. The molecule has 1 fully saturated rings. The molecule has 9 nitrogen and oxygen atoms in total. The predicted molar refractivity (Wildman–Crippen MR) is 174 cm³/mol. The number of carbonyl (C=O) groups excluding carboxylic acids is 2. The number of halogens is 1. The first-order valence-electron chi connectivity index (χ1n) is 15.4. The molecule has 1 saturated heterocycles. The summed E-state index contributed by atoms with van der Waals surface area (Å²) in [6, 6.07) is 21.4. The van der Waals surface area contributed by atoms with Gasteiger partial charge in [-0.25, -0.2) is 14.6 Å². The van der Waals surface area contributed by atoms with Crippen molar-refractivity contribution in [1.82, 2.24) is 19.8 Å². The summed E-state index contributed by atoms with van der Waals surface area (Å²) in [7, 11) is 0. The van der Waals surface area contributed by atoms with Crippen LogP contribution in [0.3, 0.4) is 0 Å². The summed E-state index contributed by atoms with van der Waals surface area (Å²) in [6.45, 7) is 6.85. The number of alkyl carbamates (subject to hydrolysis) is 1. The Labute approximate surface area is 267 Å². The van der Waals surface area contributed by atoms with Crippen LogP contribution in [0.1, 0.15) is 62.5 Å². The molecule has 2 aliphatic rings. The number of nitrogens with zero attached hydrogens (tertiary/aromatic N) is 3. The van der Waals surface area contributed by atoms with Crippen molar-refractivity contribution in [3.8, 4) is 11.1 Å². The molecule has 0 spiro atoms. The number of likely N-dealkylation sites (tertiary alicyclic amines) is 1. The van der Waals surface area contributed by atoms with Crippen molar-refractivity contribution in [2.24, 2.45) is 0 Å². The minimum absolute atomic E-state index is 0.0354. The zero-order valence-corrected chi connectivity index (χ0v) is 26.5. The Morgan fingerprint density at radius 1 is 0.956 bits per heavy atom. The van der Waals surface area contributed by atoms with E-state index in [9.17, 15) is 14.4 Å². The van der Waals surface area contributed by atoms with Crippen LogP contribution >= 0.6 is 11.6 Å². The third-order valence-electron chi connectivity index (χ3n) is 8.39. The Hall–Kier alpha value is -4.37. The lowest BCUT2D eigenvalue weighted by atomic mass is 9.98. The summed E-state index contributed by atoms with van der Waals surface area (Å²) in [4.78, 5) is 45.8. The highest BCUT2D eigenvalue weighted by atomic mass is 35.5. The number of piperidine rings is 1. The molecule has 1 aliphatic carbocycles. The number of nitrogens with one attached hydrogen (secondary N) is 1. The van der Waals surface area contributed by atoms with Crippen LogP contribution < -0.4 is 10.9 Å². The molecule has 45 heavy (non-hydrogen) atoms. The number of aromatic nitrogens is 2. The molecular formula is C35H37ClN4O5. The lowest BCUT2D eigenvalue weighted by Gasteiger charge is -2.34. The topological polar surface area (TPSA) is 103 Å². The molecule has 6 rings (SSSR count). The van der Waals surface area contributed by atoms with Crippen molar-refractivity contribution in [1.29, 1.82) is 0 Å². The van der Waals surface area contributed by atoms with E-state index in [-0.39, 0.29) is 36.8 Å².